The number of hydrogen-bond donors (Lipinski definition) is 2. The van der Waals surface area contributed by atoms with Crippen molar-refractivity contribution in [1.82, 2.24) is 5.32 Å². The number of carbonyl (C=O) groups is 2. The van der Waals surface area contributed by atoms with E-state index in [1.54, 1.807) is 7.11 Å². The Labute approximate surface area is 196 Å². The molecule has 1 aliphatic heterocycles. The number of nitrogens with one attached hydrogen (secondary N) is 2. The number of fused-ring (bicyclic) bond motifs is 1. The van der Waals surface area contributed by atoms with Crippen molar-refractivity contribution >= 4 is 23.1 Å². The van der Waals surface area contributed by atoms with E-state index in [4.69, 9.17) is 4.74 Å². The van der Waals surface area contributed by atoms with Crippen molar-refractivity contribution in [3.8, 4) is 0 Å². The van der Waals surface area contributed by atoms with Crippen LogP contribution in [0.3, 0.4) is 0 Å². The quantitative estimate of drug-likeness (QED) is 0.614. The van der Waals surface area contributed by atoms with Gasteiger partial charge >= 0.3 is 0 Å². The van der Waals surface area contributed by atoms with Gasteiger partial charge < -0.3 is 20.3 Å². The lowest BCUT2D eigenvalue weighted by atomic mass is 9.73. The third-order valence-electron chi connectivity index (χ3n) is 6.28. The van der Waals surface area contributed by atoms with Crippen LogP contribution in [-0.4, -0.2) is 38.5 Å². The molecule has 0 bridgehead atoms. The lowest BCUT2D eigenvalue weighted by Crippen LogP contribution is -2.42. The van der Waals surface area contributed by atoms with Crippen LogP contribution >= 0.6 is 0 Å². The van der Waals surface area contributed by atoms with Crippen molar-refractivity contribution in [2.75, 3.05) is 37.0 Å². The van der Waals surface area contributed by atoms with Crippen molar-refractivity contribution in [3.63, 3.8) is 0 Å². The van der Waals surface area contributed by atoms with Gasteiger partial charge in [-0.05, 0) is 36.0 Å². The van der Waals surface area contributed by atoms with Crippen LogP contribution in [0, 0.1) is 5.41 Å². The average molecular weight is 448 g/mol. The second kappa shape index (κ2) is 9.79. The molecule has 1 heterocycles. The zero-order valence-corrected chi connectivity index (χ0v) is 19.7. The van der Waals surface area contributed by atoms with Crippen LogP contribution in [-0.2, 0) is 14.3 Å². The fourth-order valence-corrected chi connectivity index (χ4v) is 4.86. The van der Waals surface area contributed by atoms with E-state index in [1.165, 1.54) is 0 Å². The third kappa shape index (κ3) is 5.11. The molecule has 0 saturated heterocycles. The Morgan fingerprint density at radius 2 is 1.85 bits per heavy atom. The Bertz CT molecular complexity index is 1050. The van der Waals surface area contributed by atoms with Gasteiger partial charge in [0.25, 0.3) is 0 Å². The molecule has 2 N–H and O–H groups in total. The summed E-state index contributed by atoms with van der Waals surface area (Å²) in [5.41, 5.74) is 4.44. The van der Waals surface area contributed by atoms with Gasteiger partial charge in [-0.2, -0.15) is 0 Å². The highest BCUT2D eigenvalue weighted by atomic mass is 16.5. The monoisotopic (exact) mass is 447 g/mol. The maximum atomic E-state index is 13.6. The fourth-order valence-electron chi connectivity index (χ4n) is 4.86. The van der Waals surface area contributed by atoms with Crippen LogP contribution in [0.2, 0.25) is 0 Å². The molecule has 4 rings (SSSR count). The Morgan fingerprint density at radius 1 is 1.12 bits per heavy atom. The second-order valence-electron chi connectivity index (χ2n) is 9.61. The molecule has 2 aromatic carbocycles. The molecule has 1 atom stereocenters. The van der Waals surface area contributed by atoms with Gasteiger partial charge in [-0.3, -0.25) is 9.59 Å². The van der Waals surface area contributed by atoms with Crippen molar-refractivity contribution in [3.05, 3.63) is 71.4 Å². The van der Waals surface area contributed by atoms with Crippen molar-refractivity contribution in [2.45, 2.75) is 39.2 Å². The largest absolute Gasteiger partial charge is 0.385 e. The van der Waals surface area contributed by atoms with E-state index >= 15 is 0 Å². The highest BCUT2D eigenvalue weighted by Gasteiger charge is 2.41. The van der Waals surface area contributed by atoms with Crippen LogP contribution in [0.5, 0.6) is 0 Å². The molecule has 174 valence electrons. The number of hydrogen-bond acceptors (Lipinski definition) is 5. The van der Waals surface area contributed by atoms with Crippen molar-refractivity contribution in [2.24, 2.45) is 5.41 Å². The lowest BCUT2D eigenvalue weighted by Gasteiger charge is -2.37. The summed E-state index contributed by atoms with van der Waals surface area (Å²) in [5, 5.41) is 6.58. The Morgan fingerprint density at radius 3 is 2.61 bits per heavy atom. The van der Waals surface area contributed by atoms with Gasteiger partial charge in [0.1, 0.15) is 0 Å². The smallest absolute Gasteiger partial charge is 0.239 e. The number of Topliss-reactive ketones (excluding diaryl/α,β-unsaturated/α-hetero) is 1. The highest BCUT2D eigenvalue weighted by Crippen LogP contribution is 2.48. The van der Waals surface area contributed by atoms with Crippen LogP contribution in [0.4, 0.5) is 11.4 Å². The molecule has 1 aliphatic carbocycles. The topological polar surface area (TPSA) is 70.7 Å². The van der Waals surface area contributed by atoms with Gasteiger partial charge in [0.05, 0.1) is 24.0 Å². The standard InChI is InChI=1S/C27H33N3O3/c1-27(2)16-21-25(23(31)17-27)26(19-10-5-4-6-11-19)30(18-24(32)28-14-9-15-33-3)22-13-8-7-12-20(22)29-21/h4-8,10-13,26,29H,9,14-18H2,1-3H3,(H,28,32)/t26-/m0/s1. The molecule has 6 heteroatoms. The first-order valence-corrected chi connectivity index (χ1v) is 11.6. The minimum Gasteiger partial charge on any atom is -0.385 e. The SMILES string of the molecule is COCCCNC(=O)CN1c2ccccc2NC2=C(C(=O)CC(C)(C)C2)[C@@H]1c1ccccc1. The first-order valence-electron chi connectivity index (χ1n) is 11.6. The zero-order chi connectivity index (χ0) is 23.4. The summed E-state index contributed by atoms with van der Waals surface area (Å²) < 4.78 is 5.09. The number of rotatable bonds is 7. The minimum absolute atomic E-state index is 0.0746. The number of allylic oxidation sites excluding steroid dienone is 1. The predicted molar refractivity (Wildman–Crippen MR) is 131 cm³/mol. The molecule has 0 fully saturated rings. The van der Waals surface area contributed by atoms with Crippen molar-refractivity contribution < 1.29 is 14.3 Å². The molecule has 2 aromatic rings. The summed E-state index contributed by atoms with van der Waals surface area (Å²) >= 11 is 0. The van der Waals surface area contributed by atoms with Gasteiger partial charge in [0.15, 0.2) is 5.78 Å². The molecule has 0 aromatic heterocycles. The first kappa shape index (κ1) is 23.1. The molecular formula is C27H33N3O3. The average Bonchev–Trinajstić information content (AvgIpc) is 2.91. The number of methoxy groups -OCH3 is 1. The molecular weight excluding hydrogens is 414 g/mol. The van der Waals surface area contributed by atoms with E-state index in [2.05, 4.69) is 29.4 Å². The van der Waals surface area contributed by atoms with E-state index in [1.807, 2.05) is 54.6 Å². The summed E-state index contributed by atoms with van der Waals surface area (Å²) in [7, 11) is 1.65. The normalized spacial score (nSPS) is 19.3. The van der Waals surface area contributed by atoms with E-state index < -0.39 is 0 Å². The molecule has 1 amide bonds. The van der Waals surface area contributed by atoms with Gasteiger partial charge in [-0.15, -0.1) is 0 Å². The summed E-state index contributed by atoms with van der Waals surface area (Å²) in [6, 6.07) is 17.7. The molecule has 2 aliphatic rings. The maximum absolute atomic E-state index is 13.6. The maximum Gasteiger partial charge on any atom is 0.239 e. The van der Waals surface area contributed by atoms with E-state index in [0.717, 1.165) is 41.1 Å². The van der Waals surface area contributed by atoms with Gasteiger partial charge in [0, 0.05) is 38.0 Å². The summed E-state index contributed by atoms with van der Waals surface area (Å²) in [6.45, 7) is 5.58. The van der Waals surface area contributed by atoms with Gasteiger partial charge in [0.2, 0.25) is 5.91 Å². The second-order valence-corrected chi connectivity index (χ2v) is 9.61. The molecule has 0 saturated carbocycles. The number of anilines is 2. The van der Waals surface area contributed by atoms with Gasteiger partial charge in [-0.1, -0.05) is 56.3 Å². The molecule has 0 spiro atoms. The number of benzene rings is 2. The zero-order valence-electron chi connectivity index (χ0n) is 19.7. The number of ether oxygens (including phenoxy) is 1. The number of amides is 1. The van der Waals surface area contributed by atoms with E-state index in [9.17, 15) is 9.59 Å². The summed E-state index contributed by atoms with van der Waals surface area (Å²) in [6.07, 6.45) is 2.03. The van der Waals surface area contributed by atoms with Crippen LogP contribution < -0.4 is 15.5 Å². The molecule has 33 heavy (non-hydrogen) atoms. The third-order valence-corrected chi connectivity index (χ3v) is 6.28. The Kier molecular flexibility index (Phi) is 6.84. The highest BCUT2D eigenvalue weighted by molar-refractivity contribution is 6.01. The Hall–Kier alpha value is -3.12. The predicted octanol–water partition coefficient (Wildman–Crippen LogP) is 4.46. The Balaban J connectivity index is 1.79. The van der Waals surface area contributed by atoms with Gasteiger partial charge in [-0.25, -0.2) is 0 Å². The molecule has 0 unspecified atom stereocenters. The lowest BCUT2D eigenvalue weighted by molar-refractivity contribution is -0.120. The number of para-hydroxylation sites is 2. The summed E-state index contributed by atoms with van der Waals surface area (Å²) in [5.74, 6) is 0.0652. The number of nitrogens with zero attached hydrogens (tertiary/aromatic N) is 1. The van der Waals surface area contributed by atoms with E-state index in [0.29, 0.717) is 19.6 Å². The minimum atomic E-state index is -0.342. The fraction of sp³-hybridized carbons (Fsp3) is 0.407. The first-order chi connectivity index (χ1) is 15.9. The number of carbonyl (C=O) groups excluding carboxylic acids is 2. The van der Waals surface area contributed by atoms with Crippen LogP contribution in [0.15, 0.2) is 65.9 Å². The van der Waals surface area contributed by atoms with Crippen LogP contribution in [0.25, 0.3) is 0 Å². The van der Waals surface area contributed by atoms with Crippen LogP contribution in [0.1, 0.15) is 44.7 Å². The number of ketones is 1. The van der Waals surface area contributed by atoms with E-state index in [-0.39, 0.29) is 29.7 Å². The summed E-state index contributed by atoms with van der Waals surface area (Å²) in [4.78, 5) is 28.6. The molecule has 6 nitrogen and oxygen atoms in total. The van der Waals surface area contributed by atoms with Crippen molar-refractivity contribution in [1.29, 1.82) is 0 Å². The molecule has 0 radical (unpaired) electrons.